The van der Waals surface area contributed by atoms with Crippen molar-refractivity contribution in [3.05, 3.63) is 64.8 Å². The van der Waals surface area contributed by atoms with Crippen LogP contribution in [0.1, 0.15) is 25.5 Å². The Labute approximate surface area is 162 Å². The van der Waals surface area contributed by atoms with Gasteiger partial charge in [0.15, 0.2) is 0 Å². The van der Waals surface area contributed by atoms with Crippen molar-refractivity contribution < 1.29 is 8.42 Å². The first kappa shape index (κ1) is 18.7. The summed E-state index contributed by atoms with van der Waals surface area (Å²) in [5.41, 5.74) is 2.59. The van der Waals surface area contributed by atoms with Crippen LogP contribution in [-0.2, 0) is 10.0 Å². The molecule has 3 aromatic rings. The highest BCUT2D eigenvalue weighted by atomic mass is 79.9. The van der Waals surface area contributed by atoms with E-state index in [1.807, 2.05) is 57.2 Å². The average Bonchev–Trinajstić information content (AvgIpc) is 3.05. The van der Waals surface area contributed by atoms with E-state index >= 15 is 0 Å². The highest BCUT2D eigenvalue weighted by Gasteiger charge is 2.25. The SMILES string of the molecule is Cc1cc(Br)ccc1NS(=O)(=O)c1cn(C(C)C)nc1-c1ccccc1. The van der Waals surface area contributed by atoms with E-state index in [0.717, 1.165) is 15.6 Å². The summed E-state index contributed by atoms with van der Waals surface area (Å²) in [6.45, 7) is 5.78. The zero-order chi connectivity index (χ0) is 18.9. The van der Waals surface area contributed by atoms with Crippen molar-refractivity contribution in [2.45, 2.75) is 31.7 Å². The summed E-state index contributed by atoms with van der Waals surface area (Å²) in [6, 6.07) is 14.8. The fourth-order valence-corrected chi connectivity index (χ4v) is 4.34. The van der Waals surface area contributed by atoms with Crippen LogP contribution in [0.4, 0.5) is 5.69 Å². The van der Waals surface area contributed by atoms with Crippen LogP contribution in [0.2, 0.25) is 0 Å². The van der Waals surface area contributed by atoms with Gasteiger partial charge in [0.05, 0.1) is 5.69 Å². The summed E-state index contributed by atoms with van der Waals surface area (Å²) in [7, 11) is -3.79. The second kappa shape index (κ2) is 7.25. The van der Waals surface area contributed by atoms with Gasteiger partial charge in [-0.05, 0) is 44.5 Å². The lowest BCUT2D eigenvalue weighted by atomic mass is 10.2. The number of nitrogens with zero attached hydrogens (tertiary/aromatic N) is 2. The van der Waals surface area contributed by atoms with Gasteiger partial charge in [0.25, 0.3) is 10.0 Å². The van der Waals surface area contributed by atoms with E-state index in [9.17, 15) is 8.42 Å². The average molecular weight is 434 g/mol. The van der Waals surface area contributed by atoms with Crippen LogP contribution >= 0.6 is 15.9 Å². The van der Waals surface area contributed by atoms with E-state index in [2.05, 4.69) is 25.8 Å². The van der Waals surface area contributed by atoms with Crippen molar-refractivity contribution in [3.63, 3.8) is 0 Å². The van der Waals surface area contributed by atoms with Crippen molar-refractivity contribution in [1.29, 1.82) is 0 Å². The topological polar surface area (TPSA) is 64.0 Å². The van der Waals surface area contributed by atoms with Crippen LogP contribution in [0.5, 0.6) is 0 Å². The van der Waals surface area contributed by atoms with E-state index in [1.165, 1.54) is 0 Å². The quantitative estimate of drug-likeness (QED) is 0.615. The van der Waals surface area contributed by atoms with Crippen LogP contribution in [0.25, 0.3) is 11.3 Å². The van der Waals surface area contributed by atoms with Gasteiger partial charge < -0.3 is 0 Å². The Bertz CT molecular complexity index is 1030. The Morgan fingerprint density at radius 2 is 1.81 bits per heavy atom. The molecule has 26 heavy (non-hydrogen) atoms. The molecule has 1 heterocycles. The highest BCUT2D eigenvalue weighted by molar-refractivity contribution is 9.10. The molecule has 0 fully saturated rings. The molecule has 5 nitrogen and oxygen atoms in total. The molecule has 0 radical (unpaired) electrons. The molecule has 7 heteroatoms. The minimum Gasteiger partial charge on any atom is -0.279 e. The number of aryl methyl sites for hydroxylation is 1. The van der Waals surface area contributed by atoms with E-state index in [4.69, 9.17) is 0 Å². The first-order valence-corrected chi connectivity index (χ1v) is 10.5. The lowest BCUT2D eigenvalue weighted by Crippen LogP contribution is -2.14. The maximum atomic E-state index is 13.1. The zero-order valence-corrected chi connectivity index (χ0v) is 17.2. The number of hydrogen-bond acceptors (Lipinski definition) is 3. The molecule has 136 valence electrons. The molecule has 0 atom stereocenters. The van der Waals surface area contributed by atoms with Crippen LogP contribution in [-0.4, -0.2) is 18.2 Å². The molecule has 0 aliphatic rings. The third-order valence-electron chi connectivity index (χ3n) is 4.00. The third kappa shape index (κ3) is 3.83. The van der Waals surface area contributed by atoms with Crippen molar-refractivity contribution in [3.8, 4) is 11.3 Å². The first-order valence-electron chi connectivity index (χ1n) is 8.21. The molecule has 1 aromatic heterocycles. The molecule has 3 rings (SSSR count). The Balaban J connectivity index is 2.09. The van der Waals surface area contributed by atoms with Gasteiger partial charge in [-0.15, -0.1) is 0 Å². The number of sulfonamides is 1. The van der Waals surface area contributed by atoms with Crippen molar-refractivity contribution in [2.75, 3.05) is 4.72 Å². The number of benzene rings is 2. The Morgan fingerprint density at radius 1 is 1.12 bits per heavy atom. The van der Waals surface area contributed by atoms with Gasteiger partial charge in [-0.3, -0.25) is 9.40 Å². The number of anilines is 1. The summed E-state index contributed by atoms with van der Waals surface area (Å²) in [5.74, 6) is 0. The fraction of sp³-hybridized carbons (Fsp3) is 0.211. The monoisotopic (exact) mass is 433 g/mol. The Hall–Kier alpha value is -2.12. The van der Waals surface area contributed by atoms with E-state index < -0.39 is 10.0 Å². The van der Waals surface area contributed by atoms with Gasteiger partial charge in [0.1, 0.15) is 10.6 Å². The van der Waals surface area contributed by atoms with Crippen LogP contribution < -0.4 is 4.72 Å². The lowest BCUT2D eigenvalue weighted by Gasteiger charge is -2.11. The standard InChI is InChI=1S/C19H20BrN3O2S/c1-13(2)23-12-18(19(21-23)15-7-5-4-6-8-15)26(24,25)22-17-10-9-16(20)11-14(17)3/h4-13,22H,1-3H3. The van der Waals surface area contributed by atoms with Gasteiger partial charge in [-0.1, -0.05) is 46.3 Å². The van der Waals surface area contributed by atoms with E-state index in [1.54, 1.807) is 23.0 Å². The lowest BCUT2D eigenvalue weighted by molar-refractivity contribution is 0.532. The molecular weight excluding hydrogens is 414 g/mol. The molecule has 0 aliphatic heterocycles. The number of hydrogen-bond donors (Lipinski definition) is 1. The maximum Gasteiger partial charge on any atom is 0.265 e. The van der Waals surface area contributed by atoms with Gasteiger partial charge in [-0.25, -0.2) is 8.42 Å². The maximum absolute atomic E-state index is 13.1. The van der Waals surface area contributed by atoms with Gasteiger partial charge >= 0.3 is 0 Å². The molecular formula is C19H20BrN3O2S. The number of halogens is 1. The number of aromatic nitrogens is 2. The molecule has 0 saturated carbocycles. The van der Waals surface area contributed by atoms with E-state index in [0.29, 0.717) is 11.4 Å². The minimum absolute atomic E-state index is 0.0517. The highest BCUT2D eigenvalue weighted by Crippen LogP contribution is 2.30. The molecule has 0 saturated heterocycles. The van der Waals surface area contributed by atoms with Gasteiger partial charge in [0.2, 0.25) is 0 Å². The summed E-state index contributed by atoms with van der Waals surface area (Å²) in [6.07, 6.45) is 1.59. The van der Waals surface area contributed by atoms with Gasteiger partial charge in [0, 0.05) is 22.3 Å². The van der Waals surface area contributed by atoms with Gasteiger partial charge in [-0.2, -0.15) is 5.10 Å². The molecule has 0 unspecified atom stereocenters. The summed E-state index contributed by atoms with van der Waals surface area (Å²) < 4.78 is 31.4. The van der Waals surface area contributed by atoms with Crippen LogP contribution in [0.15, 0.2) is 64.1 Å². The normalized spacial score (nSPS) is 11.7. The smallest absolute Gasteiger partial charge is 0.265 e. The fourth-order valence-electron chi connectivity index (χ4n) is 2.57. The van der Waals surface area contributed by atoms with Crippen LogP contribution in [0, 0.1) is 6.92 Å². The Kier molecular flexibility index (Phi) is 5.20. The molecule has 0 aliphatic carbocycles. The van der Waals surface area contributed by atoms with Crippen molar-refractivity contribution in [1.82, 2.24) is 9.78 Å². The number of nitrogens with one attached hydrogen (secondary N) is 1. The van der Waals surface area contributed by atoms with Crippen LogP contribution in [0.3, 0.4) is 0 Å². The minimum atomic E-state index is -3.79. The Morgan fingerprint density at radius 3 is 2.42 bits per heavy atom. The first-order chi connectivity index (χ1) is 12.3. The molecule has 2 aromatic carbocycles. The second-order valence-electron chi connectivity index (χ2n) is 6.35. The largest absolute Gasteiger partial charge is 0.279 e. The molecule has 0 bridgehead atoms. The third-order valence-corrected chi connectivity index (χ3v) is 5.86. The van der Waals surface area contributed by atoms with Crippen molar-refractivity contribution in [2.24, 2.45) is 0 Å². The predicted molar refractivity (Wildman–Crippen MR) is 108 cm³/mol. The zero-order valence-electron chi connectivity index (χ0n) is 14.8. The summed E-state index contributed by atoms with van der Waals surface area (Å²) in [5, 5.41) is 4.51. The molecule has 0 spiro atoms. The summed E-state index contributed by atoms with van der Waals surface area (Å²) >= 11 is 3.39. The molecule has 1 N–H and O–H groups in total. The van der Waals surface area contributed by atoms with Crippen molar-refractivity contribution >= 4 is 31.6 Å². The predicted octanol–water partition coefficient (Wildman–Crippen LogP) is 5.00. The number of rotatable bonds is 5. The summed E-state index contributed by atoms with van der Waals surface area (Å²) in [4.78, 5) is 0.166. The second-order valence-corrected chi connectivity index (χ2v) is 8.91. The van der Waals surface area contributed by atoms with E-state index in [-0.39, 0.29) is 10.9 Å². The molecule has 0 amide bonds.